The fourth-order valence-electron chi connectivity index (χ4n) is 14.4. The molecule has 0 saturated carbocycles. The SMILES string of the molecule is CCCCCCCCC=CCCCCCCCC(=O)OCC(COC(=O)CCCCCCCCCCCCCCCCC)OC(=O)CCCCCCCC=CCCCCCCCC(=O)OC(COC(=O)CCCCCCCCCCCCCCCCC)COC(=O)CCCCCCCCCCCCCCCCC. The lowest BCUT2D eigenvalue weighted by molar-refractivity contribution is -0.167. The number of hydrogen-bond acceptors (Lipinski definition) is 12. The van der Waals surface area contributed by atoms with Gasteiger partial charge in [0.2, 0.25) is 0 Å². The van der Waals surface area contributed by atoms with E-state index < -0.39 is 12.2 Å². The number of unbranched alkanes of at least 4 members (excludes halogenated alkanes) is 63. The lowest BCUT2D eigenvalue weighted by Gasteiger charge is -2.18. The molecule has 0 aromatic rings. The van der Waals surface area contributed by atoms with Gasteiger partial charge in [-0.1, -0.05) is 412 Å². The van der Waals surface area contributed by atoms with Crippen LogP contribution in [0.1, 0.15) is 516 Å². The number of rotatable bonds is 89. The van der Waals surface area contributed by atoms with Crippen LogP contribution in [0.25, 0.3) is 0 Å². The lowest BCUT2D eigenvalue weighted by Crippen LogP contribution is -2.30. The Labute approximate surface area is 668 Å². The summed E-state index contributed by atoms with van der Waals surface area (Å²) in [5, 5.41) is 0. The molecular weight excluding hydrogens is 1350 g/mol. The highest BCUT2D eigenvalue weighted by Gasteiger charge is 2.22. The molecule has 0 amide bonds. The van der Waals surface area contributed by atoms with Gasteiger partial charge in [-0.3, -0.25) is 28.8 Å². The third-order valence-corrected chi connectivity index (χ3v) is 21.6. The summed E-state index contributed by atoms with van der Waals surface area (Å²) in [5.41, 5.74) is 0. The summed E-state index contributed by atoms with van der Waals surface area (Å²) in [6.07, 6.45) is 93.5. The molecule has 0 N–H and O–H groups in total. The Balaban J connectivity index is 4.72. The van der Waals surface area contributed by atoms with Crippen LogP contribution in [0, 0.1) is 0 Å². The van der Waals surface area contributed by atoms with Gasteiger partial charge in [0, 0.05) is 38.5 Å². The van der Waals surface area contributed by atoms with E-state index >= 15 is 0 Å². The predicted octanol–water partition coefficient (Wildman–Crippen LogP) is 29.8. The van der Waals surface area contributed by atoms with E-state index in [0.717, 1.165) is 154 Å². The molecule has 0 heterocycles. The summed E-state index contributed by atoms with van der Waals surface area (Å²) in [6, 6.07) is 0. The van der Waals surface area contributed by atoms with Crippen LogP contribution in [0.2, 0.25) is 0 Å². The van der Waals surface area contributed by atoms with Crippen molar-refractivity contribution >= 4 is 35.8 Å². The Kier molecular flexibility index (Phi) is 85.8. The summed E-state index contributed by atoms with van der Waals surface area (Å²) in [7, 11) is 0. The number of carbonyl (C=O) groups is 6. The zero-order valence-electron chi connectivity index (χ0n) is 71.9. The third kappa shape index (κ3) is 84.7. The maximum atomic E-state index is 13.1. The normalized spacial score (nSPS) is 11.9. The third-order valence-electron chi connectivity index (χ3n) is 21.6. The quantitative estimate of drug-likeness (QED) is 0.0246. The number of allylic oxidation sites excluding steroid dienone is 4. The van der Waals surface area contributed by atoms with Crippen molar-refractivity contribution < 1.29 is 57.2 Å². The van der Waals surface area contributed by atoms with E-state index in [1.807, 2.05) is 0 Å². The van der Waals surface area contributed by atoms with E-state index in [0.29, 0.717) is 38.5 Å². The lowest BCUT2D eigenvalue weighted by atomic mass is 10.0. The minimum atomic E-state index is -0.823. The van der Waals surface area contributed by atoms with E-state index in [-0.39, 0.29) is 75.1 Å². The van der Waals surface area contributed by atoms with Crippen LogP contribution in [-0.2, 0) is 57.2 Å². The van der Waals surface area contributed by atoms with Crippen molar-refractivity contribution in [3.63, 3.8) is 0 Å². The predicted molar refractivity (Wildman–Crippen MR) is 455 cm³/mol. The average molecular weight is 1520 g/mol. The van der Waals surface area contributed by atoms with Crippen molar-refractivity contribution in [1.29, 1.82) is 0 Å². The highest BCUT2D eigenvalue weighted by atomic mass is 16.6. The number of esters is 6. The molecule has 0 fully saturated rings. The Bertz CT molecular complexity index is 1930. The molecule has 12 nitrogen and oxygen atoms in total. The Morgan fingerprint density at radius 1 is 0.176 bits per heavy atom. The summed E-state index contributed by atoms with van der Waals surface area (Å²) in [4.78, 5) is 77.4. The molecule has 0 aliphatic heterocycles. The van der Waals surface area contributed by atoms with E-state index in [9.17, 15) is 28.8 Å². The zero-order valence-corrected chi connectivity index (χ0v) is 71.9. The number of ether oxygens (including phenoxy) is 6. The molecule has 12 heteroatoms. The minimum absolute atomic E-state index is 0.105. The highest BCUT2D eigenvalue weighted by molar-refractivity contribution is 5.72. The van der Waals surface area contributed by atoms with Gasteiger partial charge in [-0.05, 0) is 89.9 Å². The van der Waals surface area contributed by atoms with E-state index in [2.05, 4.69) is 52.0 Å². The van der Waals surface area contributed by atoms with Gasteiger partial charge < -0.3 is 28.4 Å². The van der Waals surface area contributed by atoms with Gasteiger partial charge >= 0.3 is 35.8 Å². The molecule has 0 aliphatic rings. The van der Waals surface area contributed by atoms with Crippen molar-refractivity contribution in [2.45, 2.75) is 528 Å². The molecule has 0 saturated heterocycles. The van der Waals surface area contributed by atoms with E-state index in [4.69, 9.17) is 28.4 Å². The van der Waals surface area contributed by atoms with Crippen LogP contribution in [0.4, 0.5) is 0 Å². The van der Waals surface area contributed by atoms with Crippen LogP contribution in [0.3, 0.4) is 0 Å². The first-order chi connectivity index (χ1) is 53.1. The minimum Gasteiger partial charge on any atom is -0.462 e. The largest absolute Gasteiger partial charge is 0.462 e. The number of carbonyl (C=O) groups excluding carboxylic acids is 6. The maximum Gasteiger partial charge on any atom is 0.306 e. The summed E-state index contributed by atoms with van der Waals surface area (Å²) in [6.45, 7) is 8.64. The molecule has 0 aliphatic carbocycles. The van der Waals surface area contributed by atoms with Gasteiger partial charge in [0.1, 0.15) is 26.4 Å². The highest BCUT2D eigenvalue weighted by Crippen LogP contribution is 2.21. The van der Waals surface area contributed by atoms with Gasteiger partial charge in [0.15, 0.2) is 12.2 Å². The maximum absolute atomic E-state index is 13.1. The molecule has 634 valence electrons. The van der Waals surface area contributed by atoms with Gasteiger partial charge in [-0.25, -0.2) is 0 Å². The molecule has 1 atom stereocenters. The van der Waals surface area contributed by atoms with Gasteiger partial charge in [-0.2, -0.15) is 0 Å². The second-order valence-corrected chi connectivity index (χ2v) is 32.5. The standard InChI is InChI=1S/C96H178O12/c1-5-9-13-17-21-25-29-33-37-43-49-55-61-67-73-79-91(97)103-85-89(86-104-92(98)80-74-68-62-56-50-44-38-34-30-26-22-18-14-10-6-2)107-95(101)83-77-71-65-59-53-47-41-42-48-54-60-66-72-78-84-96(102)108-90(87-105-93(99)81-75-69-63-57-51-45-39-35-31-27-23-19-15-11-7-3)88-106-94(100)82-76-70-64-58-52-46-40-36-32-28-24-20-16-12-8-4/h33,37,41-42,89-90H,5-32,34-36,38-40,43-88H2,1-4H3. The van der Waals surface area contributed by atoms with E-state index in [1.54, 1.807) is 0 Å². The molecule has 0 aromatic carbocycles. The van der Waals surface area contributed by atoms with Crippen LogP contribution in [0.15, 0.2) is 24.3 Å². The van der Waals surface area contributed by atoms with Crippen LogP contribution in [-0.4, -0.2) is 74.5 Å². The van der Waals surface area contributed by atoms with Crippen molar-refractivity contribution in [2.24, 2.45) is 0 Å². The van der Waals surface area contributed by atoms with Crippen molar-refractivity contribution in [1.82, 2.24) is 0 Å². The number of hydrogen-bond donors (Lipinski definition) is 0. The molecular formula is C96H178O12. The zero-order chi connectivity index (χ0) is 78.3. The molecule has 0 aromatic heterocycles. The van der Waals surface area contributed by atoms with Crippen LogP contribution >= 0.6 is 0 Å². The topological polar surface area (TPSA) is 158 Å². The van der Waals surface area contributed by atoms with E-state index in [1.165, 1.54) is 283 Å². The second kappa shape index (κ2) is 88.9. The van der Waals surface area contributed by atoms with Crippen molar-refractivity contribution in [3.05, 3.63) is 24.3 Å². The van der Waals surface area contributed by atoms with Crippen molar-refractivity contribution in [2.75, 3.05) is 26.4 Å². The van der Waals surface area contributed by atoms with Crippen molar-refractivity contribution in [3.8, 4) is 0 Å². The smallest absolute Gasteiger partial charge is 0.306 e. The van der Waals surface area contributed by atoms with Gasteiger partial charge in [0.05, 0.1) is 0 Å². The summed E-state index contributed by atoms with van der Waals surface area (Å²) in [5.74, 6) is -1.90. The van der Waals surface area contributed by atoms with Gasteiger partial charge in [-0.15, -0.1) is 0 Å². The first kappa shape index (κ1) is 104. The summed E-state index contributed by atoms with van der Waals surface area (Å²) >= 11 is 0. The first-order valence-electron chi connectivity index (χ1n) is 47.5. The fourth-order valence-corrected chi connectivity index (χ4v) is 14.4. The van der Waals surface area contributed by atoms with Gasteiger partial charge in [0.25, 0.3) is 0 Å². The molecule has 0 bridgehead atoms. The molecule has 0 spiro atoms. The van der Waals surface area contributed by atoms with Crippen LogP contribution in [0.5, 0.6) is 0 Å². The monoisotopic (exact) mass is 1520 g/mol. The molecule has 108 heavy (non-hydrogen) atoms. The molecule has 0 rings (SSSR count). The Hall–Kier alpha value is -3.70. The molecule has 0 radical (unpaired) electrons. The summed E-state index contributed by atoms with van der Waals surface area (Å²) < 4.78 is 34.1. The fraction of sp³-hybridized carbons (Fsp3) is 0.896. The Morgan fingerprint density at radius 2 is 0.306 bits per heavy atom. The first-order valence-corrected chi connectivity index (χ1v) is 47.5. The Morgan fingerprint density at radius 3 is 0.463 bits per heavy atom. The van der Waals surface area contributed by atoms with Crippen LogP contribution < -0.4 is 0 Å². The molecule has 1 unspecified atom stereocenters. The second-order valence-electron chi connectivity index (χ2n) is 32.5. The average Bonchev–Trinajstić information content (AvgIpc) is 0.954.